The number of nitriles is 1. The second-order valence-electron chi connectivity index (χ2n) is 5.51. The number of aryl methyl sites for hydroxylation is 1. The first kappa shape index (κ1) is 15.2. The van der Waals surface area contributed by atoms with Gasteiger partial charge < -0.3 is 0 Å². The summed E-state index contributed by atoms with van der Waals surface area (Å²) in [6.45, 7) is 0. The molecule has 1 aliphatic rings. The summed E-state index contributed by atoms with van der Waals surface area (Å²) in [5, 5.41) is 12.9. The first-order valence-corrected chi connectivity index (χ1v) is 8.44. The molecule has 2 atom stereocenters. The molecule has 7 nitrogen and oxygen atoms in total. The van der Waals surface area contributed by atoms with Crippen LogP contribution in [0.15, 0.2) is 41.6 Å². The first-order valence-electron chi connectivity index (χ1n) is 6.96. The Morgan fingerprint density at radius 3 is 2.91 bits per heavy atom. The van der Waals surface area contributed by atoms with Crippen LogP contribution in [0.2, 0.25) is 0 Å². The summed E-state index contributed by atoms with van der Waals surface area (Å²) >= 11 is 0. The lowest BCUT2D eigenvalue weighted by molar-refractivity contribution is -0.120. The maximum Gasteiger partial charge on any atom is 0.264 e. The van der Waals surface area contributed by atoms with Gasteiger partial charge in [-0.2, -0.15) is 10.4 Å². The van der Waals surface area contributed by atoms with Crippen molar-refractivity contribution in [1.29, 1.82) is 5.26 Å². The molecule has 2 aromatic rings. The summed E-state index contributed by atoms with van der Waals surface area (Å²) in [6, 6.07) is 7.42. The van der Waals surface area contributed by atoms with Gasteiger partial charge in [-0.15, -0.1) is 0 Å². The highest BCUT2D eigenvalue weighted by Crippen LogP contribution is 2.47. The van der Waals surface area contributed by atoms with Gasteiger partial charge in [0.1, 0.15) is 0 Å². The number of amides is 1. The molecule has 1 N–H and O–H groups in total. The van der Waals surface area contributed by atoms with Crippen molar-refractivity contribution in [1.82, 2.24) is 14.5 Å². The van der Waals surface area contributed by atoms with Crippen LogP contribution >= 0.6 is 0 Å². The second kappa shape index (κ2) is 5.52. The Balaban J connectivity index is 1.71. The van der Waals surface area contributed by atoms with Crippen LogP contribution in [0.25, 0.3) is 0 Å². The van der Waals surface area contributed by atoms with Crippen LogP contribution in [0.4, 0.5) is 0 Å². The molecular weight excluding hydrogens is 316 g/mol. The number of nitrogens with zero attached hydrogens (tertiary/aromatic N) is 3. The van der Waals surface area contributed by atoms with E-state index in [2.05, 4.69) is 9.82 Å². The van der Waals surface area contributed by atoms with Crippen molar-refractivity contribution in [2.45, 2.75) is 17.2 Å². The molecule has 3 rings (SSSR count). The zero-order valence-electron chi connectivity index (χ0n) is 12.3. The minimum atomic E-state index is -3.97. The molecule has 0 bridgehead atoms. The maximum absolute atomic E-state index is 12.2. The molecule has 23 heavy (non-hydrogen) atoms. The Bertz CT molecular complexity index is 911. The van der Waals surface area contributed by atoms with Crippen molar-refractivity contribution in [2.75, 3.05) is 0 Å². The quantitative estimate of drug-likeness (QED) is 0.897. The average molecular weight is 330 g/mol. The van der Waals surface area contributed by atoms with Gasteiger partial charge in [0.2, 0.25) is 5.91 Å². The fourth-order valence-corrected chi connectivity index (χ4v) is 3.56. The normalized spacial score (nSPS) is 19.8. The topological polar surface area (TPSA) is 105 Å². The summed E-state index contributed by atoms with van der Waals surface area (Å²) in [4.78, 5) is 12.1. The van der Waals surface area contributed by atoms with Gasteiger partial charge in [0, 0.05) is 19.2 Å². The summed E-state index contributed by atoms with van der Waals surface area (Å²) in [6.07, 6.45) is 4.11. The molecule has 0 spiro atoms. The van der Waals surface area contributed by atoms with Crippen LogP contribution in [0.1, 0.15) is 23.5 Å². The summed E-state index contributed by atoms with van der Waals surface area (Å²) in [7, 11) is -2.18. The van der Waals surface area contributed by atoms with Gasteiger partial charge in [-0.1, -0.05) is 6.07 Å². The van der Waals surface area contributed by atoms with Crippen molar-refractivity contribution in [3.05, 3.63) is 47.8 Å². The number of sulfonamides is 1. The Labute approximate surface area is 133 Å². The third-order valence-electron chi connectivity index (χ3n) is 3.79. The molecule has 8 heteroatoms. The van der Waals surface area contributed by atoms with Gasteiger partial charge in [-0.05, 0) is 36.1 Å². The molecule has 0 aliphatic heterocycles. The lowest BCUT2D eigenvalue weighted by atomic mass is 10.2. The van der Waals surface area contributed by atoms with Crippen molar-refractivity contribution >= 4 is 15.9 Å². The fourth-order valence-electron chi connectivity index (χ4n) is 2.48. The van der Waals surface area contributed by atoms with Crippen molar-refractivity contribution in [2.24, 2.45) is 13.0 Å². The van der Waals surface area contributed by atoms with Crippen molar-refractivity contribution in [3.8, 4) is 6.07 Å². The van der Waals surface area contributed by atoms with E-state index in [4.69, 9.17) is 5.26 Å². The minimum absolute atomic E-state index is 0.00402. The Morgan fingerprint density at radius 2 is 2.26 bits per heavy atom. The van der Waals surface area contributed by atoms with Gasteiger partial charge in [0.05, 0.1) is 22.7 Å². The summed E-state index contributed by atoms with van der Waals surface area (Å²) in [5.74, 6) is -0.890. The highest BCUT2D eigenvalue weighted by Gasteiger charge is 2.45. The van der Waals surface area contributed by atoms with E-state index in [-0.39, 0.29) is 22.3 Å². The summed E-state index contributed by atoms with van der Waals surface area (Å²) in [5.41, 5.74) is 1.15. The van der Waals surface area contributed by atoms with Crippen molar-refractivity contribution < 1.29 is 13.2 Å². The average Bonchev–Trinajstić information content (AvgIpc) is 3.22. The molecule has 1 amide bonds. The number of nitrogens with one attached hydrogen (secondary N) is 1. The predicted octanol–water partition coefficient (Wildman–Crippen LogP) is 0.900. The minimum Gasteiger partial charge on any atom is -0.276 e. The van der Waals surface area contributed by atoms with E-state index in [1.54, 1.807) is 17.9 Å². The molecular formula is C15H14N4O3S. The molecule has 1 saturated carbocycles. The van der Waals surface area contributed by atoms with Crippen LogP contribution in [0.5, 0.6) is 0 Å². The molecule has 1 aromatic heterocycles. The smallest absolute Gasteiger partial charge is 0.264 e. The number of carbonyl (C=O) groups is 1. The van der Waals surface area contributed by atoms with E-state index in [9.17, 15) is 13.2 Å². The lowest BCUT2D eigenvalue weighted by Crippen LogP contribution is -2.32. The highest BCUT2D eigenvalue weighted by atomic mass is 32.2. The third kappa shape index (κ3) is 3.10. The zero-order chi connectivity index (χ0) is 16.6. The van der Waals surface area contributed by atoms with Crippen LogP contribution in [-0.2, 0) is 21.9 Å². The number of rotatable bonds is 4. The van der Waals surface area contributed by atoms with Crippen LogP contribution in [-0.4, -0.2) is 24.1 Å². The van der Waals surface area contributed by atoms with E-state index in [0.29, 0.717) is 6.42 Å². The van der Waals surface area contributed by atoms with E-state index in [1.807, 2.05) is 12.3 Å². The first-order chi connectivity index (χ1) is 10.9. The molecule has 0 radical (unpaired) electrons. The van der Waals surface area contributed by atoms with E-state index < -0.39 is 15.9 Å². The van der Waals surface area contributed by atoms with E-state index in [1.165, 1.54) is 24.3 Å². The number of carbonyl (C=O) groups excluding carboxylic acids is 1. The van der Waals surface area contributed by atoms with Gasteiger partial charge in [0.15, 0.2) is 0 Å². The molecule has 0 unspecified atom stereocenters. The molecule has 1 aliphatic carbocycles. The number of benzene rings is 1. The summed E-state index contributed by atoms with van der Waals surface area (Å²) < 4.78 is 28.2. The largest absolute Gasteiger partial charge is 0.276 e. The van der Waals surface area contributed by atoms with Gasteiger partial charge in [-0.3, -0.25) is 9.48 Å². The second-order valence-corrected chi connectivity index (χ2v) is 7.19. The van der Waals surface area contributed by atoms with Gasteiger partial charge >= 0.3 is 0 Å². The zero-order valence-corrected chi connectivity index (χ0v) is 13.1. The fraction of sp³-hybridized carbons (Fsp3) is 0.267. The van der Waals surface area contributed by atoms with Crippen molar-refractivity contribution in [3.63, 3.8) is 0 Å². The third-order valence-corrected chi connectivity index (χ3v) is 5.13. The highest BCUT2D eigenvalue weighted by molar-refractivity contribution is 7.90. The Hall–Kier alpha value is -2.66. The van der Waals surface area contributed by atoms with E-state index in [0.717, 1.165) is 5.56 Å². The number of hydrogen-bond donors (Lipinski definition) is 1. The van der Waals surface area contributed by atoms with Crippen LogP contribution in [0, 0.1) is 17.2 Å². The molecule has 1 heterocycles. The molecule has 118 valence electrons. The van der Waals surface area contributed by atoms with Gasteiger partial charge in [0.25, 0.3) is 10.0 Å². The molecule has 1 aromatic carbocycles. The Kier molecular flexibility index (Phi) is 3.66. The number of hydrogen-bond acceptors (Lipinski definition) is 5. The lowest BCUT2D eigenvalue weighted by Gasteiger charge is -2.06. The predicted molar refractivity (Wildman–Crippen MR) is 80.5 cm³/mol. The molecule has 1 fully saturated rings. The SMILES string of the molecule is Cn1cc([C@@H]2C[C@@H]2C(=O)NS(=O)(=O)c2cccc(C#N)c2)cn1. The van der Waals surface area contributed by atoms with Gasteiger partial charge in [-0.25, -0.2) is 13.1 Å². The number of aromatic nitrogens is 2. The van der Waals surface area contributed by atoms with Crippen LogP contribution < -0.4 is 4.72 Å². The monoisotopic (exact) mass is 330 g/mol. The van der Waals surface area contributed by atoms with Crippen LogP contribution in [0.3, 0.4) is 0 Å². The van der Waals surface area contributed by atoms with E-state index >= 15 is 0 Å². The standard InChI is InChI=1S/C15H14N4O3S/c1-19-9-11(8-17-19)13-6-14(13)15(20)18-23(21,22)12-4-2-3-10(5-12)7-16/h2-5,8-9,13-14H,6H2,1H3,(H,18,20)/t13-,14-/m0/s1. The molecule has 0 saturated heterocycles. The maximum atomic E-state index is 12.2. The Morgan fingerprint density at radius 1 is 1.48 bits per heavy atom.